The number of piperidine rings is 1. The predicted molar refractivity (Wildman–Crippen MR) is 47.3 cm³/mol. The Bertz CT molecular complexity index is 181. The molecule has 2 unspecified atom stereocenters. The van der Waals surface area contributed by atoms with Crippen LogP contribution in [-0.2, 0) is 0 Å². The van der Waals surface area contributed by atoms with E-state index in [1.165, 1.54) is 30.2 Å². The monoisotopic (exact) mass is 152 g/mol. The maximum Gasteiger partial charge on any atom is 0.107 e. The van der Waals surface area contributed by atoms with Gasteiger partial charge in [-0.1, -0.05) is 6.08 Å². The van der Waals surface area contributed by atoms with Gasteiger partial charge in [-0.3, -0.25) is 0 Å². The van der Waals surface area contributed by atoms with E-state index in [1.54, 1.807) is 0 Å². The van der Waals surface area contributed by atoms with Crippen molar-refractivity contribution in [2.75, 3.05) is 14.1 Å². The lowest BCUT2D eigenvalue weighted by atomic mass is 9.87. The van der Waals surface area contributed by atoms with Gasteiger partial charge in [0.25, 0.3) is 0 Å². The van der Waals surface area contributed by atoms with Crippen molar-refractivity contribution in [3.63, 3.8) is 0 Å². The van der Waals surface area contributed by atoms with E-state index < -0.39 is 0 Å². The molecular formula is C10H18N+. The molecule has 0 radical (unpaired) electrons. The lowest BCUT2D eigenvalue weighted by Gasteiger charge is -2.48. The number of fused-ring (bicyclic) bond motifs is 2. The second-order valence-corrected chi connectivity index (χ2v) is 4.45. The van der Waals surface area contributed by atoms with Crippen LogP contribution in [0.25, 0.3) is 0 Å². The Morgan fingerprint density at radius 3 is 2.73 bits per heavy atom. The molecule has 2 rings (SSSR count). The minimum atomic E-state index is 0.822. The van der Waals surface area contributed by atoms with Crippen LogP contribution in [0.2, 0.25) is 0 Å². The SMILES string of the molecule is C[N+]1(C)C2C=CCC1CCC2. The van der Waals surface area contributed by atoms with Crippen molar-refractivity contribution in [3.8, 4) is 0 Å². The van der Waals surface area contributed by atoms with Crippen molar-refractivity contribution in [1.29, 1.82) is 0 Å². The summed E-state index contributed by atoms with van der Waals surface area (Å²) in [7, 11) is 4.77. The first-order valence-corrected chi connectivity index (χ1v) is 4.71. The molecule has 2 heterocycles. The first-order chi connectivity index (χ1) is 5.21. The molecule has 0 spiro atoms. The molecular weight excluding hydrogens is 134 g/mol. The Morgan fingerprint density at radius 2 is 2.09 bits per heavy atom. The Labute approximate surface area is 69.3 Å². The first-order valence-electron chi connectivity index (χ1n) is 4.71. The van der Waals surface area contributed by atoms with Gasteiger partial charge in [-0.15, -0.1) is 0 Å². The fourth-order valence-corrected chi connectivity index (χ4v) is 2.60. The average Bonchev–Trinajstić information content (AvgIpc) is 1.82. The summed E-state index contributed by atoms with van der Waals surface area (Å²) in [5, 5.41) is 0. The quantitative estimate of drug-likeness (QED) is 0.367. The molecule has 0 aromatic rings. The largest absolute Gasteiger partial charge is 0.320 e. The average molecular weight is 152 g/mol. The molecule has 1 saturated heterocycles. The van der Waals surface area contributed by atoms with Crippen molar-refractivity contribution >= 4 is 0 Å². The van der Waals surface area contributed by atoms with Crippen LogP contribution in [0.1, 0.15) is 25.7 Å². The Kier molecular flexibility index (Phi) is 1.57. The summed E-state index contributed by atoms with van der Waals surface area (Å²) in [6.45, 7) is 0. The van der Waals surface area contributed by atoms with Crippen LogP contribution in [0.15, 0.2) is 12.2 Å². The normalized spacial score (nSPS) is 40.5. The lowest BCUT2D eigenvalue weighted by Crippen LogP contribution is -2.58. The van der Waals surface area contributed by atoms with Gasteiger partial charge in [-0.2, -0.15) is 0 Å². The fourth-order valence-electron chi connectivity index (χ4n) is 2.60. The van der Waals surface area contributed by atoms with Crippen molar-refractivity contribution in [3.05, 3.63) is 12.2 Å². The molecule has 0 N–H and O–H groups in total. The highest BCUT2D eigenvalue weighted by molar-refractivity contribution is 4.98. The van der Waals surface area contributed by atoms with E-state index in [0.29, 0.717) is 0 Å². The fraction of sp³-hybridized carbons (Fsp3) is 0.800. The Morgan fingerprint density at radius 1 is 1.27 bits per heavy atom. The highest BCUT2D eigenvalue weighted by Gasteiger charge is 2.39. The van der Waals surface area contributed by atoms with Crippen LogP contribution in [0.3, 0.4) is 0 Å². The van der Waals surface area contributed by atoms with Crippen molar-refractivity contribution in [1.82, 2.24) is 0 Å². The molecule has 0 aliphatic carbocycles. The number of hydrogen-bond donors (Lipinski definition) is 0. The van der Waals surface area contributed by atoms with Gasteiger partial charge in [-0.25, -0.2) is 0 Å². The van der Waals surface area contributed by atoms with Crippen LogP contribution >= 0.6 is 0 Å². The highest BCUT2D eigenvalue weighted by atomic mass is 15.4. The summed E-state index contributed by atoms with van der Waals surface area (Å²) in [6, 6.07) is 1.74. The smallest absolute Gasteiger partial charge is 0.107 e. The van der Waals surface area contributed by atoms with Gasteiger partial charge >= 0.3 is 0 Å². The second-order valence-electron chi connectivity index (χ2n) is 4.45. The zero-order chi connectivity index (χ0) is 7.90. The summed E-state index contributed by atoms with van der Waals surface area (Å²) in [6.07, 6.45) is 10.4. The molecule has 2 aliphatic rings. The van der Waals surface area contributed by atoms with E-state index in [9.17, 15) is 0 Å². The summed E-state index contributed by atoms with van der Waals surface area (Å²) in [5.41, 5.74) is 0. The van der Waals surface area contributed by atoms with E-state index in [1.807, 2.05) is 0 Å². The third kappa shape index (κ3) is 1.02. The summed E-state index contributed by atoms with van der Waals surface area (Å²) < 4.78 is 1.25. The van der Waals surface area contributed by atoms with Crippen LogP contribution in [-0.4, -0.2) is 30.7 Å². The molecule has 62 valence electrons. The number of rotatable bonds is 0. The van der Waals surface area contributed by atoms with Gasteiger partial charge < -0.3 is 4.48 Å². The van der Waals surface area contributed by atoms with Crippen LogP contribution in [0.5, 0.6) is 0 Å². The van der Waals surface area contributed by atoms with E-state index in [2.05, 4.69) is 26.2 Å². The molecule has 2 atom stereocenters. The van der Waals surface area contributed by atoms with Crippen LogP contribution in [0, 0.1) is 0 Å². The third-order valence-corrected chi connectivity index (χ3v) is 3.60. The first kappa shape index (κ1) is 7.35. The maximum atomic E-state index is 2.43. The molecule has 0 saturated carbocycles. The van der Waals surface area contributed by atoms with E-state index >= 15 is 0 Å². The standard InChI is InChI=1S/C10H18N/c1-11(2)9-5-3-6-10(11)8-4-7-9/h3,5,9-10H,4,6-8H2,1-2H3/q+1. The van der Waals surface area contributed by atoms with Gasteiger partial charge in [0, 0.05) is 12.8 Å². The van der Waals surface area contributed by atoms with Crippen LogP contribution < -0.4 is 0 Å². The molecule has 0 aromatic heterocycles. The zero-order valence-electron chi connectivity index (χ0n) is 7.59. The summed E-state index contributed by atoms with van der Waals surface area (Å²) >= 11 is 0. The molecule has 2 aliphatic heterocycles. The lowest BCUT2D eigenvalue weighted by molar-refractivity contribution is -0.939. The van der Waals surface area contributed by atoms with Gasteiger partial charge in [0.1, 0.15) is 6.04 Å². The predicted octanol–water partition coefficient (Wildman–Crippen LogP) is 1.94. The maximum absolute atomic E-state index is 2.43. The molecule has 0 aromatic carbocycles. The van der Waals surface area contributed by atoms with E-state index in [4.69, 9.17) is 0 Å². The van der Waals surface area contributed by atoms with Crippen molar-refractivity contribution in [2.24, 2.45) is 0 Å². The topological polar surface area (TPSA) is 0 Å². The van der Waals surface area contributed by atoms with Crippen LogP contribution in [0.4, 0.5) is 0 Å². The minimum absolute atomic E-state index is 0.822. The molecule has 0 amide bonds. The number of likely N-dealkylation sites (N-methyl/N-ethyl adjacent to an activating group) is 1. The molecule has 1 fully saturated rings. The van der Waals surface area contributed by atoms with Crippen molar-refractivity contribution < 1.29 is 4.48 Å². The molecule has 2 bridgehead atoms. The van der Waals surface area contributed by atoms with E-state index in [0.717, 1.165) is 12.1 Å². The summed E-state index contributed by atoms with van der Waals surface area (Å²) in [4.78, 5) is 0. The van der Waals surface area contributed by atoms with Gasteiger partial charge in [0.05, 0.1) is 20.1 Å². The van der Waals surface area contributed by atoms with Crippen molar-refractivity contribution in [2.45, 2.75) is 37.8 Å². The van der Waals surface area contributed by atoms with E-state index in [-0.39, 0.29) is 0 Å². The van der Waals surface area contributed by atoms with Gasteiger partial charge in [-0.05, 0) is 18.9 Å². The Balaban J connectivity index is 2.28. The number of nitrogens with zero attached hydrogens (tertiary/aromatic N) is 1. The highest BCUT2D eigenvalue weighted by Crippen LogP contribution is 2.33. The second kappa shape index (κ2) is 2.34. The molecule has 11 heavy (non-hydrogen) atoms. The van der Waals surface area contributed by atoms with Gasteiger partial charge in [0.2, 0.25) is 0 Å². The Hall–Kier alpha value is -0.300. The molecule has 1 nitrogen and oxygen atoms in total. The zero-order valence-corrected chi connectivity index (χ0v) is 7.59. The number of quaternary nitrogens is 1. The summed E-state index contributed by atoms with van der Waals surface area (Å²) in [5.74, 6) is 0. The number of hydrogen-bond acceptors (Lipinski definition) is 0. The molecule has 1 heteroatoms. The minimum Gasteiger partial charge on any atom is -0.320 e. The van der Waals surface area contributed by atoms with Gasteiger partial charge in [0.15, 0.2) is 0 Å². The third-order valence-electron chi connectivity index (χ3n) is 3.60.